The fourth-order valence-electron chi connectivity index (χ4n) is 1.54. The Kier molecular flexibility index (Phi) is 3.53. The van der Waals surface area contributed by atoms with Gasteiger partial charge in [-0.25, -0.2) is 0 Å². The smallest absolute Gasteiger partial charge is 0.178 e. The van der Waals surface area contributed by atoms with Crippen molar-refractivity contribution in [2.45, 2.75) is 6.92 Å². The van der Waals surface area contributed by atoms with Gasteiger partial charge >= 0.3 is 0 Å². The van der Waals surface area contributed by atoms with Gasteiger partial charge in [0.15, 0.2) is 16.8 Å². The van der Waals surface area contributed by atoms with Crippen molar-refractivity contribution < 1.29 is 0 Å². The van der Waals surface area contributed by atoms with Gasteiger partial charge in [-0.05, 0) is 19.1 Å². The van der Waals surface area contributed by atoms with Crippen LogP contribution in [0.25, 0.3) is 5.82 Å². The molecule has 7 nitrogen and oxygen atoms in total. The van der Waals surface area contributed by atoms with Gasteiger partial charge in [0.25, 0.3) is 0 Å². The molecular formula is C11H12ClN7. The molecule has 0 aliphatic rings. The topological polar surface area (TPSA) is 96.7 Å². The lowest BCUT2D eigenvalue weighted by molar-refractivity contribution is 0.806. The Morgan fingerprint density at radius 2 is 2.21 bits per heavy atom. The van der Waals surface area contributed by atoms with Crippen LogP contribution in [-0.2, 0) is 0 Å². The first-order valence-electron chi connectivity index (χ1n) is 5.57. The zero-order chi connectivity index (χ0) is 14.0. The minimum atomic E-state index is 0.231. The molecule has 2 heterocycles. The molecule has 2 N–H and O–H groups in total. The van der Waals surface area contributed by atoms with Crippen LogP contribution in [0, 0.1) is 11.3 Å². The Labute approximate surface area is 115 Å². The van der Waals surface area contributed by atoms with E-state index in [0.29, 0.717) is 23.7 Å². The Morgan fingerprint density at radius 1 is 1.47 bits per heavy atom. The standard InChI is InChI=1S/C11H12ClN7/c1-3-18(2)11-7(6-13)10(14)19(17-11)9-5-4-8(12)15-16-9/h4-5H,3,14H2,1-2H3. The molecule has 0 aromatic carbocycles. The summed E-state index contributed by atoms with van der Waals surface area (Å²) in [7, 11) is 1.83. The SMILES string of the molecule is CCN(C)c1nn(-c2ccc(Cl)nn2)c(N)c1C#N. The van der Waals surface area contributed by atoms with Crippen LogP contribution >= 0.6 is 11.6 Å². The minimum Gasteiger partial charge on any atom is -0.382 e. The van der Waals surface area contributed by atoms with Crippen LogP contribution in [0.5, 0.6) is 0 Å². The summed E-state index contributed by atoms with van der Waals surface area (Å²) in [6, 6.07) is 5.27. The van der Waals surface area contributed by atoms with Gasteiger partial charge in [-0.3, -0.25) is 0 Å². The number of anilines is 2. The van der Waals surface area contributed by atoms with Gasteiger partial charge in [-0.2, -0.15) is 9.94 Å². The van der Waals surface area contributed by atoms with Gasteiger partial charge in [0.2, 0.25) is 0 Å². The van der Waals surface area contributed by atoms with Crippen molar-refractivity contribution in [1.82, 2.24) is 20.0 Å². The molecule has 0 radical (unpaired) electrons. The Morgan fingerprint density at radius 3 is 2.74 bits per heavy atom. The van der Waals surface area contributed by atoms with Gasteiger partial charge in [0.1, 0.15) is 17.5 Å². The highest BCUT2D eigenvalue weighted by atomic mass is 35.5. The first-order chi connectivity index (χ1) is 9.08. The van der Waals surface area contributed by atoms with Gasteiger partial charge in [0, 0.05) is 13.6 Å². The molecule has 0 fully saturated rings. The third kappa shape index (κ3) is 2.30. The van der Waals surface area contributed by atoms with Crippen LogP contribution < -0.4 is 10.6 Å². The van der Waals surface area contributed by atoms with Gasteiger partial charge in [0.05, 0.1) is 0 Å². The highest BCUT2D eigenvalue weighted by Gasteiger charge is 2.19. The zero-order valence-electron chi connectivity index (χ0n) is 10.5. The maximum atomic E-state index is 9.18. The maximum Gasteiger partial charge on any atom is 0.178 e. The fourth-order valence-corrected chi connectivity index (χ4v) is 1.64. The molecule has 8 heteroatoms. The molecule has 0 spiro atoms. The number of nitriles is 1. The number of aromatic nitrogens is 4. The van der Waals surface area contributed by atoms with Crippen molar-refractivity contribution in [2.75, 3.05) is 24.2 Å². The summed E-state index contributed by atoms with van der Waals surface area (Å²) in [5.74, 6) is 1.16. The van der Waals surface area contributed by atoms with Gasteiger partial charge in [-0.1, -0.05) is 11.6 Å². The lowest BCUT2D eigenvalue weighted by Crippen LogP contribution is -2.17. The predicted molar refractivity (Wildman–Crippen MR) is 72.2 cm³/mol. The molecule has 0 amide bonds. The molecule has 0 atom stereocenters. The molecule has 0 saturated carbocycles. The van der Waals surface area contributed by atoms with Crippen molar-refractivity contribution in [1.29, 1.82) is 5.26 Å². The van der Waals surface area contributed by atoms with Crippen LogP contribution in [-0.4, -0.2) is 33.6 Å². The normalized spacial score (nSPS) is 10.2. The summed E-state index contributed by atoms with van der Waals surface area (Å²) in [5.41, 5.74) is 6.25. The Hall–Kier alpha value is -2.33. The van der Waals surface area contributed by atoms with E-state index < -0.39 is 0 Å². The molecule has 98 valence electrons. The first kappa shape index (κ1) is 13.1. The quantitative estimate of drug-likeness (QED) is 0.906. The number of rotatable bonds is 3. The first-order valence-corrected chi connectivity index (χ1v) is 5.95. The third-order valence-electron chi connectivity index (χ3n) is 2.69. The molecule has 0 bridgehead atoms. The predicted octanol–water partition coefficient (Wildman–Crippen LogP) is 1.23. The number of halogens is 1. The number of hydrogen-bond acceptors (Lipinski definition) is 6. The van der Waals surface area contributed by atoms with E-state index >= 15 is 0 Å². The second kappa shape index (κ2) is 5.12. The zero-order valence-corrected chi connectivity index (χ0v) is 11.3. The monoisotopic (exact) mass is 277 g/mol. The van der Waals surface area contributed by atoms with Gasteiger partial charge < -0.3 is 10.6 Å². The van der Waals surface area contributed by atoms with E-state index in [1.54, 1.807) is 12.1 Å². The van der Waals surface area contributed by atoms with E-state index in [4.69, 9.17) is 17.3 Å². The van der Waals surface area contributed by atoms with Crippen LogP contribution in [0.15, 0.2) is 12.1 Å². The van der Waals surface area contributed by atoms with E-state index in [-0.39, 0.29) is 11.0 Å². The summed E-state index contributed by atoms with van der Waals surface area (Å²) < 4.78 is 1.38. The summed E-state index contributed by atoms with van der Waals surface area (Å²) in [5, 5.41) is 21.4. The summed E-state index contributed by atoms with van der Waals surface area (Å²) in [6.07, 6.45) is 0. The summed E-state index contributed by atoms with van der Waals surface area (Å²) in [4.78, 5) is 1.83. The molecule has 0 unspecified atom stereocenters. The molecule has 2 aromatic heterocycles. The van der Waals surface area contributed by atoms with E-state index in [1.165, 1.54) is 4.68 Å². The van der Waals surface area contributed by atoms with E-state index in [9.17, 15) is 5.26 Å². The molecule has 0 aliphatic carbocycles. The second-order valence-electron chi connectivity index (χ2n) is 3.84. The van der Waals surface area contributed by atoms with E-state index in [2.05, 4.69) is 21.4 Å². The Balaban J connectivity index is 2.56. The van der Waals surface area contributed by atoms with Crippen molar-refractivity contribution in [2.24, 2.45) is 0 Å². The van der Waals surface area contributed by atoms with Crippen molar-refractivity contribution in [3.8, 4) is 11.9 Å². The summed E-state index contributed by atoms with van der Waals surface area (Å²) >= 11 is 5.68. The van der Waals surface area contributed by atoms with E-state index in [1.807, 2.05) is 18.9 Å². The fraction of sp³-hybridized carbons (Fsp3) is 0.273. The van der Waals surface area contributed by atoms with Crippen molar-refractivity contribution in [3.05, 3.63) is 22.8 Å². The average molecular weight is 278 g/mol. The maximum absolute atomic E-state index is 9.18. The largest absolute Gasteiger partial charge is 0.382 e. The number of nitrogens with zero attached hydrogens (tertiary/aromatic N) is 6. The van der Waals surface area contributed by atoms with Crippen LogP contribution in [0.2, 0.25) is 5.15 Å². The van der Waals surface area contributed by atoms with E-state index in [0.717, 1.165) is 0 Å². The van der Waals surface area contributed by atoms with Crippen molar-refractivity contribution >= 4 is 23.2 Å². The third-order valence-corrected chi connectivity index (χ3v) is 2.89. The highest BCUT2D eigenvalue weighted by molar-refractivity contribution is 6.29. The molecule has 0 saturated heterocycles. The Bertz CT molecular complexity index is 626. The highest BCUT2D eigenvalue weighted by Crippen LogP contribution is 2.25. The van der Waals surface area contributed by atoms with Crippen molar-refractivity contribution in [3.63, 3.8) is 0 Å². The van der Waals surface area contributed by atoms with Crippen LogP contribution in [0.4, 0.5) is 11.6 Å². The average Bonchev–Trinajstić information content (AvgIpc) is 2.76. The lowest BCUT2D eigenvalue weighted by Gasteiger charge is -2.12. The number of nitrogens with two attached hydrogens (primary N) is 1. The van der Waals surface area contributed by atoms with Crippen LogP contribution in [0.3, 0.4) is 0 Å². The minimum absolute atomic E-state index is 0.231. The number of nitrogen functional groups attached to an aromatic ring is 1. The molecule has 2 aromatic rings. The number of hydrogen-bond donors (Lipinski definition) is 1. The van der Waals surface area contributed by atoms with Gasteiger partial charge in [-0.15, -0.1) is 15.3 Å². The molecular weight excluding hydrogens is 266 g/mol. The second-order valence-corrected chi connectivity index (χ2v) is 4.22. The lowest BCUT2D eigenvalue weighted by atomic mass is 10.3. The summed E-state index contributed by atoms with van der Waals surface area (Å²) in [6.45, 7) is 2.66. The van der Waals surface area contributed by atoms with Crippen LogP contribution in [0.1, 0.15) is 12.5 Å². The molecule has 2 rings (SSSR count). The molecule has 0 aliphatic heterocycles. The molecule has 19 heavy (non-hydrogen) atoms.